The van der Waals surface area contributed by atoms with Gasteiger partial charge in [-0.05, 0) is 33.9 Å². The summed E-state index contributed by atoms with van der Waals surface area (Å²) in [5, 5.41) is 0. The molecular formula is C16H22FNO3. The molecule has 0 aliphatic carbocycles. The zero-order chi connectivity index (χ0) is 16.0. The van der Waals surface area contributed by atoms with Gasteiger partial charge in [-0.2, -0.15) is 0 Å². The average Bonchev–Trinajstić information content (AvgIpc) is 2.41. The van der Waals surface area contributed by atoms with Gasteiger partial charge < -0.3 is 4.74 Å². The summed E-state index contributed by atoms with van der Waals surface area (Å²) in [5.41, 5.74) is -0.679. The van der Waals surface area contributed by atoms with Crippen molar-refractivity contribution >= 4 is 11.8 Å². The van der Waals surface area contributed by atoms with Crippen LogP contribution in [-0.4, -0.2) is 36.9 Å². The van der Waals surface area contributed by atoms with Crippen molar-refractivity contribution in [1.82, 2.24) is 4.90 Å². The lowest BCUT2D eigenvalue weighted by molar-refractivity contribution is -0.158. The number of carbonyl (C=O) groups is 2. The number of likely N-dealkylation sites (N-methyl/N-ethyl adjacent to an activating group) is 1. The highest BCUT2D eigenvalue weighted by atomic mass is 19.1. The maximum Gasteiger partial charge on any atom is 0.319 e. The highest BCUT2D eigenvalue weighted by molar-refractivity contribution is 6.03. The number of hydrogen-bond acceptors (Lipinski definition) is 4. The lowest BCUT2D eigenvalue weighted by atomic mass is 9.88. The molecule has 0 bridgehead atoms. The van der Waals surface area contributed by atoms with E-state index in [4.69, 9.17) is 4.74 Å². The normalized spacial score (nSPS) is 11.5. The zero-order valence-electron chi connectivity index (χ0n) is 13.0. The van der Waals surface area contributed by atoms with Crippen LogP contribution in [-0.2, 0) is 20.9 Å². The largest absolute Gasteiger partial charge is 0.465 e. The number of esters is 1. The molecule has 1 rings (SSSR count). The Morgan fingerprint density at radius 1 is 1.29 bits per heavy atom. The highest BCUT2D eigenvalue weighted by Gasteiger charge is 2.37. The van der Waals surface area contributed by atoms with Gasteiger partial charge in [0.2, 0.25) is 0 Å². The first-order valence-electron chi connectivity index (χ1n) is 6.91. The van der Waals surface area contributed by atoms with Gasteiger partial charge >= 0.3 is 5.97 Å². The minimum absolute atomic E-state index is 0.0557. The monoisotopic (exact) mass is 295 g/mol. The third-order valence-electron chi connectivity index (χ3n) is 3.29. The van der Waals surface area contributed by atoms with E-state index in [0.29, 0.717) is 12.1 Å². The molecule has 0 heterocycles. The Balaban J connectivity index is 2.66. The number of ether oxygens (including phenoxy) is 1. The van der Waals surface area contributed by atoms with E-state index in [-0.39, 0.29) is 24.8 Å². The molecule has 0 aromatic heterocycles. The second-order valence-corrected chi connectivity index (χ2v) is 5.53. The first kappa shape index (κ1) is 17.3. The molecule has 0 N–H and O–H groups in total. The molecule has 116 valence electrons. The summed E-state index contributed by atoms with van der Waals surface area (Å²) in [6.45, 7) is 5.38. The van der Waals surface area contributed by atoms with Gasteiger partial charge in [-0.1, -0.05) is 18.2 Å². The Morgan fingerprint density at radius 3 is 2.48 bits per heavy atom. The number of benzene rings is 1. The van der Waals surface area contributed by atoms with E-state index in [1.165, 1.54) is 6.07 Å². The summed E-state index contributed by atoms with van der Waals surface area (Å²) >= 11 is 0. The van der Waals surface area contributed by atoms with Crippen molar-refractivity contribution in [3.63, 3.8) is 0 Å². The number of halogens is 1. The molecule has 0 aliphatic rings. The lowest BCUT2D eigenvalue weighted by Crippen LogP contribution is -2.41. The fourth-order valence-corrected chi connectivity index (χ4v) is 1.84. The van der Waals surface area contributed by atoms with Crippen LogP contribution in [0.2, 0.25) is 0 Å². The smallest absolute Gasteiger partial charge is 0.319 e. The van der Waals surface area contributed by atoms with Crippen molar-refractivity contribution < 1.29 is 18.7 Å². The second-order valence-electron chi connectivity index (χ2n) is 5.53. The lowest BCUT2D eigenvalue weighted by Gasteiger charge is -2.24. The van der Waals surface area contributed by atoms with Crippen LogP contribution >= 0.6 is 0 Å². The summed E-state index contributed by atoms with van der Waals surface area (Å²) < 4.78 is 18.5. The van der Waals surface area contributed by atoms with Crippen molar-refractivity contribution in [1.29, 1.82) is 0 Å². The maximum atomic E-state index is 13.6. The Bertz CT molecular complexity index is 514. The molecule has 0 radical (unpaired) electrons. The van der Waals surface area contributed by atoms with Crippen LogP contribution in [0.15, 0.2) is 24.3 Å². The van der Waals surface area contributed by atoms with Gasteiger partial charge in [-0.25, -0.2) is 4.39 Å². The van der Waals surface area contributed by atoms with E-state index >= 15 is 0 Å². The van der Waals surface area contributed by atoms with Crippen molar-refractivity contribution in [3.8, 4) is 0 Å². The van der Waals surface area contributed by atoms with Gasteiger partial charge in [0.15, 0.2) is 5.78 Å². The SMILES string of the molecule is CCOC(=O)C(C)(C)C(=O)CN(C)Cc1ccccc1F. The highest BCUT2D eigenvalue weighted by Crippen LogP contribution is 2.20. The second kappa shape index (κ2) is 7.31. The number of carbonyl (C=O) groups excluding carboxylic acids is 2. The molecule has 0 spiro atoms. The van der Waals surface area contributed by atoms with Crippen LogP contribution < -0.4 is 0 Å². The quantitative estimate of drug-likeness (QED) is 0.572. The van der Waals surface area contributed by atoms with Crippen LogP contribution in [0.5, 0.6) is 0 Å². The van der Waals surface area contributed by atoms with Gasteiger partial charge in [0, 0.05) is 12.1 Å². The molecule has 0 saturated heterocycles. The van der Waals surface area contributed by atoms with E-state index in [1.54, 1.807) is 50.9 Å². The summed E-state index contributed by atoms with van der Waals surface area (Å²) in [4.78, 5) is 25.7. The molecule has 1 aromatic rings. The first-order valence-corrected chi connectivity index (χ1v) is 6.91. The summed E-state index contributed by atoms with van der Waals surface area (Å²) in [6.07, 6.45) is 0. The molecule has 0 amide bonds. The van der Waals surface area contributed by atoms with Gasteiger partial charge in [-0.3, -0.25) is 14.5 Å². The summed E-state index contributed by atoms with van der Waals surface area (Å²) in [5.74, 6) is -1.09. The number of rotatable bonds is 7. The average molecular weight is 295 g/mol. The minimum Gasteiger partial charge on any atom is -0.465 e. The number of hydrogen-bond donors (Lipinski definition) is 0. The standard InChI is InChI=1S/C16H22FNO3/c1-5-21-15(20)16(2,3)14(19)11-18(4)10-12-8-6-7-9-13(12)17/h6-9H,5,10-11H2,1-4H3. The molecule has 4 nitrogen and oxygen atoms in total. The van der Waals surface area contributed by atoms with Crippen molar-refractivity contribution in [2.45, 2.75) is 27.3 Å². The number of nitrogens with zero attached hydrogens (tertiary/aromatic N) is 1. The predicted octanol–water partition coefficient (Wildman–Crippen LogP) is 2.42. The Morgan fingerprint density at radius 2 is 1.90 bits per heavy atom. The van der Waals surface area contributed by atoms with Gasteiger partial charge in [0.25, 0.3) is 0 Å². The molecule has 0 saturated carbocycles. The molecule has 5 heteroatoms. The molecule has 21 heavy (non-hydrogen) atoms. The third kappa shape index (κ3) is 4.63. The maximum absolute atomic E-state index is 13.6. The van der Waals surface area contributed by atoms with E-state index < -0.39 is 11.4 Å². The summed E-state index contributed by atoms with van der Waals surface area (Å²) in [6, 6.07) is 6.42. The van der Waals surface area contributed by atoms with Gasteiger partial charge in [0.05, 0.1) is 13.2 Å². The van der Waals surface area contributed by atoms with Crippen LogP contribution in [0.3, 0.4) is 0 Å². The topological polar surface area (TPSA) is 46.6 Å². The fourth-order valence-electron chi connectivity index (χ4n) is 1.84. The van der Waals surface area contributed by atoms with Gasteiger partial charge in [-0.15, -0.1) is 0 Å². The molecule has 0 fully saturated rings. The van der Waals surface area contributed by atoms with E-state index in [2.05, 4.69) is 0 Å². The Kier molecular flexibility index (Phi) is 6.03. The van der Waals surface area contributed by atoms with Crippen molar-refractivity contribution in [3.05, 3.63) is 35.6 Å². The van der Waals surface area contributed by atoms with E-state index in [0.717, 1.165) is 0 Å². The zero-order valence-corrected chi connectivity index (χ0v) is 13.0. The molecule has 0 unspecified atom stereocenters. The van der Waals surface area contributed by atoms with Crippen molar-refractivity contribution in [2.24, 2.45) is 5.41 Å². The minimum atomic E-state index is -1.19. The van der Waals surface area contributed by atoms with Crippen molar-refractivity contribution in [2.75, 3.05) is 20.2 Å². The van der Waals surface area contributed by atoms with Crippen LogP contribution in [0.4, 0.5) is 4.39 Å². The van der Waals surface area contributed by atoms with E-state index in [9.17, 15) is 14.0 Å². The fraction of sp³-hybridized carbons (Fsp3) is 0.500. The third-order valence-corrected chi connectivity index (χ3v) is 3.29. The Labute approximate surface area is 124 Å². The van der Waals surface area contributed by atoms with E-state index in [1.807, 2.05) is 0 Å². The Hall–Kier alpha value is -1.75. The van der Waals surface area contributed by atoms with Gasteiger partial charge in [0.1, 0.15) is 11.2 Å². The molecule has 1 aromatic carbocycles. The predicted molar refractivity (Wildman–Crippen MR) is 78.2 cm³/mol. The molecular weight excluding hydrogens is 273 g/mol. The number of ketones is 1. The van der Waals surface area contributed by atoms with Crippen LogP contribution in [0.1, 0.15) is 26.3 Å². The summed E-state index contributed by atoms with van der Waals surface area (Å²) in [7, 11) is 1.71. The van der Waals surface area contributed by atoms with Crippen LogP contribution in [0, 0.1) is 11.2 Å². The van der Waals surface area contributed by atoms with Crippen LogP contribution in [0.25, 0.3) is 0 Å². The number of Topliss-reactive ketones (excluding diaryl/α,β-unsaturated/α-hetero) is 1. The molecule has 0 atom stereocenters. The first-order chi connectivity index (χ1) is 9.78. The molecule has 0 aliphatic heterocycles.